The SMILES string of the molecule is CC(C)[C@H]1NC(=O)CN(C)C(=O)[C@H](CO)NC(=O)[C@@H]2C[C@H](NC(=O)[C@@H](C)O)CN2C(=O)[C@H](Cc2ccccc2)NC1=O. The van der Waals surface area contributed by atoms with E-state index in [0.717, 1.165) is 10.5 Å². The number of nitrogens with one attached hydrogen (secondary N) is 4. The molecule has 2 heterocycles. The summed E-state index contributed by atoms with van der Waals surface area (Å²) in [6.45, 7) is 3.39. The van der Waals surface area contributed by atoms with Gasteiger partial charge in [0.05, 0.1) is 13.2 Å². The van der Waals surface area contributed by atoms with Gasteiger partial charge in [-0.3, -0.25) is 28.8 Å². The van der Waals surface area contributed by atoms with Crippen molar-refractivity contribution >= 4 is 35.4 Å². The third-order valence-corrected chi connectivity index (χ3v) is 7.33. The topological polar surface area (TPSA) is 197 Å². The van der Waals surface area contributed by atoms with E-state index in [1.54, 1.807) is 44.2 Å². The van der Waals surface area contributed by atoms with E-state index in [2.05, 4.69) is 21.3 Å². The molecule has 0 spiro atoms. The Labute approximate surface area is 244 Å². The fourth-order valence-electron chi connectivity index (χ4n) is 5.03. The Balaban J connectivity index is 2.05. The zero-order chi connectivity index (χ0) is 31.1. The number of carbonyl (C=O) groups excluding carboxylic acids is 6. The molecular formula is C28H40N6O8. The monoisotopic (exact) mass is 588 g/mol. The number of benzene rings is 1. The molecule has 230 valence electrons. The highest BCUT2D eigenvalue weighted by Gasteiger charge is 2.44. The number of carbonyl (C=O) groups is 6. The van der Waals surface area contributed by atoms with Crippen molar-refractivity contribution in [2.45, 2.75) is 69.9 Å². The summed E-state index contributed by atoms with van der Waals surface area (Å²) in [5.41, 5.74) is 0.728. The van der Waals surface area contributed by atoms with E-state index in [9.17, 15) is 39.0 Å². The maximum Gasteiger partial charge on any atom is 0.248 e. The van der Waals surface area contributed by atoms with E-state index < -0.39 is 84.9 Å². The van der Waals surface area contributed by atoms with E-state index in [-0.39, 0.29) is 25.3 Å². The number of hydrogen-bond acceptors (Lipinski definition) is 8. The summed E-state index contributed by atoms with van der Waals surface area (Å²) in [5.74, 6) is -4.46. The summed E-state index contributed by atoms with van der Waals surface area (Å²) in [5, 5.41) is 30.0. The Hall–Kier alpha value is -4.04. The normalized spacial score (nSPS) is 26.9. The van der Waals surface area contributed by atoms with Crippen LogP contribution in [0.15, 0.2) is 30.3 Å². The van der Waals surface area contributed by atoms with E-state index in [1.807, 2.05) is 0 Å². The lowest BCUT2D eigenvalue weighted by atomic mass is 10.0. The Morgan fingerprint density at radius 3 is 2.21 bits per heavy atom. The number of aliphatic hydroxyl groups excluding tert-OH is 2. The van der Waals surface area contributed by atoms with Gasteiger partial charge in [-0.25, -0.2) is 0 Å². The van der Waals surface area contributed by atoms with Crippen LogP contribution in [-0.4, -0.2) is 119 Å². The zero-order valence-electron chi connectivity index (χ0n) is 24.2. The molecule has 1 aromatic carbocycles. The Bertz CT molecular complexity index is 1180. The highest BCUT2D eigenvalue weighted by Crippen LogP contribution is 2.22. The number of aliphatic hydroxyl groups is 2. The quantitative estimate of drug-likeness (QED) is 0.206. The molecule has 0 radical (unpaired) electrons. The van der Waals surface area contributed by atoms with Crippen LogP contribution in [0.5, 0.6) is 0 Å². The molecule has 0 bridgehead atoms. The molecule has 0 saturated carbocycles. The second-order valence-corrected chi connectivity index (χ2v) is 11.1. The first-order valence-electron chi connectivity index (χ1n) is 13.9. The van der Waals surface area contributed by atoms with Crippen molar-refractivity contribution in [3.63, 3.8) is 0 Å². The fourth-order valence-corrected chi connectivity index (χ4v) is 5.03. The summed E-state index contributed by atoms with van der Waals surface area (Å²) in [7, 11) is 1.32. The van der Waals surface area contributed by atoms with Crippen LogP contribution in [0.25, 0.3) is 0 Å². The number of nitrogens with zero attached hydrogens (tertiary/aromatic N) is 2. The Kier molecular flexibility index (Phi) is 11.0. The average molecular weight is 589 g/mol. The standard InChI is InChI=1S/C28H40N6O8/c1-15(2)23-26(40)30-19(10-17-8-6-5-7-9-17)28(42)34-12-18(29-24(38)16(3)36)11-21(34)25(39)31-20(14-35)27(41)33(4)13-22(37)32-23/h5-9,15-16,18-21,23,35-36H,10-14H2,1-4H3,(H,29,38)(H,30,40)(H,31,39)(H,32,37)/t16-,18+,19+,20+,21+,23-/m1/s1. The van der Waals surface area contributed by atoms with E-state index in [0.29, 0.717) is 0 Å². The van der Waals surface area contributed by atoms with Crippen LogP contribution in [0.1, 0.15) is 32.8 Å². The van der Waals surface area contributed by atoms with Crippen LogP contribution in [0.4, 0.5) is 0 Å². The van der Waals surface area contributed by atoms with Gasteiger partial charge in [0.1, 0.15) is 30.3 Å². The van der Waals surface area contributed by atoms with Gasteiger partial charge in [-0.1, -0.05) is 44.2 Å². The van der Waals surface area contributed by atoms with Crippen molar-refractivity contribution in [2.75, 3.05) is 26.7 Å². The minimum atomic E-state index is -1.41. The van der Waals surface area contributed by atoms with Crippen molar-refractivity contribution in [1.82, 2.24) is 31.1 Å². The first-order valence-corrected chi connectivity index (χ1v) is 13.9. The lowest BCUT2D eigenvalue weighted by Gasteiger charge is -2.30. The molecule has 6 atom stereocenters. The molecule has 2 saturated heterocycles. The molecule has 3 rings (SSSR count). The van der Waals surface area contributed by atoms with E-state index in [4.69, 9.17) is 0 Å². The number of likely N-dealkylation sites (N-methyl/N-ethyl adjacent to an activating group) is 1. The molecule has 6 N–H and O–H groups in total. The van der Waals surface area contributed by atoms with Gasteiger partial charge in [0.25, 0.3) is 0 Å². The fraction of sp³-hybridized carbons (Fsp3) is 0.571. The summed E-state index contributed by atoms with van der Waals surface area (Å²) in [6, 6.07) is 3.43. The van der Waals surface area contributed by atoms with Gasteiger partial charge < -0.3 is 41.3 Å². The van der Waals surface area contributed by atoms with Crippen LogP contribution < -0.4 is 21.3 Å². The second-order valence-electron chi connectivity index (χ2n) is 11.1. The summed E-state index contributed by atoms with van der Waals surface area (Å²) < 4.78 is 0. The lowest BCUT2D eigenvalue weighted by Crippen LogP contribution is -2.58. The van der Waals surface area contributed by atoms with Crippen LogP contribution in [0.3, 0.4) is 0 Å². The molecule has 14 heteroatoms. The van der Waals surface area contributed by atoms with Crippen molar-refractivity contribution in [1.29, 1.82) is 0 Å². The maximum atomic E-state index is 14.1. The van der Waals surface area contributed by atoms with E-state index >= 15 is 0 Å². The zero-order valence-corrected chi connectivity index (χ0v) is 24.2. The summed E-state index contributed by atoms with van der Waals surface area (Å²) >= 11 is 0. The van der Waals surface area contributed by atoms with Gasteiger partial charge in [0.15, 0.2) is 0 Å². The Morgan fingerprint density at radius 2 is 1.62 bits per heavy atom. The molecule has 2 aliphatic heterocycles. The van der Waals surface area contributed by atoms with Gasteiger partial charge in [-0.2, -0.15) is 0 Å². The molecule has 0 aliphatic carbocycles. The first-order chi connectivity index (χ1) is 19.8. The predicted molar refractivity (Wildman–Crippen MR) is 149 cm³/mol. The minimum absolute atomic E-state index is 0.0428. The van der Waals surface area contributed by atoms with Crippen LogP contribution >= 0.6 is 0 Å². The van der Waals surface area contributed by atoms with Crippen LogP contribution in [0, 0.1) is 5.92 Å². The number of hydrogen-bond donors (Lipinski definition) is 6. The number of amides is 6. The van der Waals surface area contributed by atoms with Gasteiger partial charge >= 0.3 is 0 Å². The summed E-state index contributed by atoms with van der Waals surface area (Å²) in [6.07, 6.45) is -1.30. The smallest absolute Gasteiger partial charge is 0.248 e. The van der Waals surface area contributed by atoms with Crippen molar-refractivity contribution in [3.05, 3.63) is 35.9 Å². The lowest BCUT2D eigenvalue weighted by molar-refractivity contribution is -0.143. The molecule has 6 amide bonds. The molecule has 0 aromatic heterocycles. The molecule has 2 fully saturated rings. The Morgan fingerprint density at radius 1 is 0.976 bits per heavy atom. The molecule has 0 unspecified atom stereocenters. The van der Waals surface area contributed by atoms with Gasteiger partial charge in [0.2, 0.25) is 35.4 Å². The van der Waals surface area contributed by atoms with Crippen LogP contribution in [0.2, 0.25) is 0 Å². The molecular weight excluding hydrogens is 548 g/mol. The highest BCUT2D eigenvalue weighted by molar-refractivity contribution is 5.97. The molecule has 42 heavy (non-hydrogen) atoms. The van der Waals surface area contributed by atoms with Crippen molar-refractivity contribution < 1.29 is 39.0 Å². The summed E-state index contributed by atoms with van der Waals surface area (Å²) in [4.78, 5) is 81.4. The van der Waals surface area contributed by atoms with Crippen molar-refractivity contribution in [3.8, 4) is 0 Å². The van der Waals surface area contributed by atoms with E-state index in [1.165, 1.54) is 18.9 Å². The van der Waals surface area contributed by atoms with Gasteiger partial charge in [-0.15, -0.1) is 0 Å². The molecule has 1 aromatic rings. The number of rotatable bonds is 6. The van der Waals surface area contributed by atoms with Gasteiger partial charge in [-0.05, 0) is 24.8 Å². The second kappa shape index (κ2) is 14.2. The van der Waals surface area contributed by atoms with Crippen LogP contribution in [-0.2, 0) is 35.2 Å². The third-order valence-electron chi connectivity index (χ3n) is 7.33. The van der Waals surface area contributed by atoms with Crippen molar-refractivity contribution in [2.24, 2.45) is 5.92 Å². The average Bonchev–Trinajstić information content (AvgIpc) is 3.36. The maximum absolute atomic E-state index is 14.1. The highest BCUT2D eigenvalue weighted by atomic mass is 16.3. The third kappa shape index (κ3) is 8.03. The molecule has 14 nitrogen and oxygen atoms in total. The minimum Gasteiger partial charge on any atom is -0.394 e. The first kappa shape index (κ1) is 32.5. The molecule has 2 aliphatic rings. The predicted octanol–water partition coefficient (Wildman–Crippen LogP) is -2.73. The largest absolute Gasteiger partial charge is 0.394 e. The number of fused-ring (bicyclic) bond motifs is 1. The van der Waals surface area contributed by atoms with Gasteiger partial charge in [0, 0.05) is 26.1 Å².